The monoisotopic (exact) mass is 349 g/mol. The highest BCUT2D eigenvalue weighted by molar-refractivity contribution is 5.92. The van der Waals surface area contributed by atoms with Crippen molar-refractivity contribution in [3.63, 3.8) is 0 Å². The number of fused-ring (bicyclic) bond motifs is 1. The summed E-state index contributed by atoms with van der Waals surface area (Å²) in [7, 11) is 0. The van der Waals surface area contributed by atoms with Gasteiger partial charge in [0.25, 0.3) is 0 Å². The molecule has 0 saturated heterocycles. The smallest absolute Gasteiger partial charge is 0.0714 e. The molecule has 27 heavy (non-hydrogen) atoms. The van der Waals surface area contributed by atoms with E-state index in [9.17, 15) is 0 Å². The number of allylic oxidation sites excluding steroid dienone is 5. The van der Waals surface area contributed by atoms with Gasteiger partial charge in [-0.2, -0.15) is 0 Å². The largest absolute Gasteiger partial charge is 0.399 e. The molecule has 0 spiro atoms. The molecule has 0 aliphatic heterocycles. The van der Waals surface area contributed by atoms with E-state index in [1.807, 2.05) is 12.1 Å². The van der Waals surface area contributed by atoms with Crippen LogP contribution in [0.25, 0.3) is 5.57 Å². The van der Waals surface area contributed by atoms with Crippen LogP contribution < -0.4 is 5.73 Å². The van der Waals surface area contributed by atoms with Gasteiger partial charge in [0.1, 0.15) is 0 Å². The van der Waals surface area contributed by atoms with Crippen LogP contribution >= 0.6 is 0 Å². The van der Waals surface area contributed by atoms with Gasteiger partial charge < -0.3 is 5.73 Å². The van der Waals surface area contributed by atoms with Crippen molar-refractivity contribution < 1.29 is 0 Å². The Morgan fingerprint density at radius 2 is 1.44 bits per heavy atom. The zero-order valence-corrected chi connectivity index (χ0v) is 15.5. The quantitative estimate of drug-likeness (QED) is 0.563. The van der Waals surface area contributed by atoms with Crippen LogP contribution in [0.4, 0.5) is 5.69 Å². The van der Waals surface area contributed by atoms with E-state index < -0.39 is 5.41 Å². The van der Waals surface area contributed by atoms with Crippen LogP contribution in [0.2, 0.25) is 0 Å². The molecule has 0 saturated carbocycles. The van der Waals surface area contributed by atoms with E-state index in [0.29, 0.717) is 0 Å². The molecule has 3 aromatic carbocycles. The Bertz CT molecular complexity index is 1000. The van der Waals surface area contributed by atoms with E-state index >= 15 is 0 Å². The van der Waals surface area contributed by atoms with Gasteiger partial charge in [-0.05, 0) is 52.5 Å². The maximum absolute atomic E-state index is 6.25. The SMILES string of the molecule is C=CC1=C(/C=C\C)c2ccc(N)cc2C1(c1ccccc1)c1ccccc1. The Labute approximate surface area is 161 Å². The predicted molar refractivity (Wildman–Crippen MR) is 116 cm³/mol. The normalized spacial score (nSPS) is 15.1. The highest BCUT2D eigenvalue weighted by Gasteiger charge is 2.46. The molecule has 2 N–H and O–H groups in total. The van der Waals surface area contributed by atoms with Crippen molar-refractivity contribution in [2.75, 3.05) is 5.73 Å². The highest BCUT2D eigenvalue weighted by Crippen LogP contribution is 2.55. The first-order chi connectivity index (χ1) is 13.2. The molecule has 132 valence electrons. The summed E-state index contributed by atoms with van der Waals surface area (Å²) < 4.78 is 0. The van der Waals surface area contributed by atoms with Gasteiger partial charge in [-0.3, -0.25) is 0 Å². The molecule has 0 amide bonds. The second kappa shape index (κ2) is 6.77. The highest BCUT2D eigenvalue weighted by atomic mass is 14.6. The fourth-order valence-electron chi connectivity index (χ4n) is 4.37. The van der Waals surface area contributed by atoms with Gasteiger partial charge in [0.15, 0.2) is 0 Å². The molecule has 3 aromatic rings. The number of hydrogen-bond acceptors (Lipinski definition) is 1. The van der Waals surface area contributed by atoms with Crippen molar-refractivity contribution in [3.05, 3.63) is 131 Å². The minimum Gasteiger partial charge on any atom is -0.399 e. The lowest BCUT2D eigenvalue weighted by atomic mass is 9.67. The van der Waals surface area contributed by atoms with E-state index in [4.69, 9.17) is 5.73 Å². The average Bonchev–Trinajstić information content (AvgIpc) is 2.99. The molecular weight excluding hydrogens is 326 g/mol. The van der Waals surface area contributed by atoms with Crippen LogP contribution in [0.1, 0.15) is 29.2 Å². The number of benzene rings is 3. The Morgan fingerprint density at radius 3 is 1.96 bits per heavy atom. The average molecular weight is 349 g/mol. The first-order valence-corrected chi connectivity index (χ1v) is 9.24. The van der Waals surface area contributed by atoms with E-state index in [1.54, 1.807) is 0 Å². The van der Waals surface area contributed by atoms with Crippen molar-refractivity contribution in [2.24, 2.45) is 0 Å². The molecule has 0 unspecified atom stereocenters. The lowest BCUT2D eigenvalue weighted by Crippen LogP contribution is -2.29. The summed E-state index contributed by atoms with van der Waals surface area (Å²) in [5, 5.41) is 0. The van der Waals surface area contributed by atoms with Gasteiger partial charge in [0.05, 0.1) is 5.41 Å². The van der Waals surface area contributed by atoms with Crippen molar-refractivity contribution in [1.29, 1.82) is 0 Å². The summed E-state index contributed by atoms with van der Waals surface area (Å²) >= 11 is 0. The summed E-state index contributed by atoms with van der Waals surface area (Å²) in [5.74, 6) is 0. The molecule has 1 nitrogen and oxygen atoms in total. The number of hydrogen-bond donors (Lipinski definition) is 1. The van der Waals surface area contributed by atoms with E-state index in [-0.39, 0.29) is 0 Å². The van der Waals surface area contributed by atoms with E-state index in [1.165, 1.54) is 33.4 Å². The fraction of sp³-hybridized carbons (Fsp3) is 0.0769. The third kappa shape index (κ3) is 2.47. The third-order valence-corrected chi connectivity index (χ3v) is 5.38. The Kier molecular flexibility index (Phi) is 4.29. The molecule has 0 fully saturated rings. The van der Waals surface area contributed by atoms with Gasteiger partial charge in [-0.1, -0.05) is 91.5 Å². The van der Waals surface area contributed by atoms with E-state index in [0.717, 1.165) is 5.69 Å². The summed E-state index contributed by atoms with van der Waals surface area (Å²) in [5.41, 5.74) is 13.9. The summed E-state index contributed by atoms with van der Waals surface area (Å²) in [6, 6.07) is 27.5. The van der Waals surface area contributed by atoms with Gasteiger partial charge in [0.2, 0.25) is 0 Å². The summed E-state index contributed by atoms with van der Waals surface area (Å²) in [6.07, 6.45) is 6.27. The second-order valence-corrected chi connectivity index (χ2v) is 6.82. The topological polar surface area (TPSA) is 26.0 Å². The maximum Gasteiger partial charge on any atom is 0.0714 e. The zero-order valence-electron chi connectivity index (χ0n) is 15.5. The second-order valence-electron chi connectivity index (χ2n) is 6.82. The van der Waals surface area contributed by atoms with Crippen LogP contribution in [-0.4, -0.2) is 0 Å². The van der Waals surface area contributed by atoms with E-state index in [2.05, 4.69) is 98.5 Å². The first kappa shape index (κ1) is 17.1. The molecule has 0 atom stereocenters. The lowest BCUT2D eigenvalue weighted by Gasteiger charge is -2.34. The van der Waals surface area contributed by atoms with Gasteiger partial charge >= 0.3 is 0 Å². The first-order valence-electron chi connectivity index (χ1n) is 9.24. The molecule has 1 heteroatoms. The molecule has 0 radical (unpaired) electrons. The fourth-order valence-corrected chi connectivity index (χ4v) is 4.37. The zero-order chi connectivity index (χ0) is 18.9. The molecule has 0 heterocycles. The van der Waals surface area contributed by atoms with Crippen molar-refractivity contribution in [2.45, 2.75) is 12.3 Å². The van der Waals surface area contributed by atoms with Crippen molar-refractivity contribution in [3.8, 4) is 0 Å². The summed E-state index contributed by atoms with van der Waals surface area (Å²) in [6.45, 7) is 6.26. The number of nitrogen functional groups attached to an aromatic ring is 1. The molecule has 1 aliphatic rings. The molecule has 0 bridgehead atoms. The van der Waals surface area contributed by atoms with Crippen LogP contribution in [0.3, 0.4) is 0 Å². The molecular formula is C26H23N. The Balaban J connectivity index is 2.21. The third-order valence-electron chi connectivity index (χ3n) is 5.38. The standard InChI is InChI=1S/C26H23N/c1-3-11-22-23-17-16-21(27)18-25(23)26(24(22)4-2,19-12-7-5-8-13-19)20-14-9-6-10-15-20/h3-18H,2,27H2,1H3/b11-3-. The molecule has 1 aliphatic carbocycles. The van der Waals surface area contributed by atoms with Crippen LogP contribution in [-0.2, 0) is 5.41 Å². The van der Waals surface area contributed by atoms with Crippen LogP contribution in [0.15, 0.2) is 109 Å². The molecule has 4 rings (SSSR count). The Hall–Kier alpha value is -3.32. The van der Waals surface area contributed by atoms with Gasteiger partial charge in [0, 0.05) is 5.69 Å². The summed E-state index contributed by atoms with van der Waals surface area (Å²) in [4.78, 5) is 0. The number of rotatable bonds is 4. The Morgan fingerprint density at radius 1 is 0.852 bits per heavy atom. The molecule has 0 aromatic heterocycles. The van der Waals surface area contributed by atoms with Crippen LogP contribution in [0, 0.1) is 0 Å². The number of nitrogens with two attached hydrogens (primary N) is 1. The van der Waals surface area contributed by atoms with Crippen molar-refractivity contribution >= 4 is 11.3 Å². The minimum atomic E-state index is -0.427. The predicted octanol–water partition coefficient (Wildman–Crippen LogP) is 6.13. The minimum absolute atomic E-state index is 0.427. The van der Waals surface area contributed by atoms with Gasteiger partial charge in [-0.25, -0.2) is 0 Å². The number of anilines is 1. The lowest BCUT2D eigenvalue weighted by molar-refractivity contribution is 0.762. The maximum atomic E-state index is 6.25. The van der Waals surface area contributed by atoms with Crippen LogP contribution in [0.5, 0.6) is 0 Å². The van der Waals surface area contributed by atoms with Gasteiger partial charge in [-0.15, -0.1) is 0 Å². The van der Waals surface area contributed by atoms with Crippen molar-refractivity contribution in [1.82, 2.24) is 0 Å².